The highest BCUT2D eigenvalue weighted by molar-refractivity contribution is 7.57. The van der Waals surface area contributed by atoms with Crippen LogP contribution in [0.25, 0.3) is 0 Å². The largest absolute Gasteiger partial charge is 0.332 e. The van der Waals surface area contributed by atoms with Gasteiger partial charge in [0.2, 0.25) is 0 Å². The van der Waals surface area contributed by atoms with Crippen LogP contribution in [0.15, 0.2) is 0 Å². The summed E-state index contributed by atoms with van der Waals surface area (Å²) in [5, 5.41) is -1.53. The molecule has 0 saturated heterocycles. The van der Waals surface area contributed by atoms with Gasteiger partial charge in [0.25, 0.3) is 0 Å². The lowest BCUT2D eigenvalue weighted by molar-refractivity contribution is 0.146. The zero-order chi connectivity index (χ0) is 16.4. The first-order valence-electron chi connectivity index (χ1n) is 8.27. The SMILES string of the molecule is O=P(O)(O)CC(C1CCCCC1)(C1CCCCC1)P(=O)(O)O. The normalized spacial score (nSPS) is 23.6. The lowest BCUT2D eigenvalue weighted by Crippen LogP contribution is -2.49. The molecule has 22 heavy (non-hydrogen) atoms. The molecule has 0 aliphatic heterocycles. The van der Waals surface area contributed by atoms with Crippen LogP contribution in [0, 0.1) is 11.8 Å². The van der Waals surface area contributed by atoms with Gasteiger partial charge < -0.3 is 19.6 Å². The van der Waals surface area contributed by atoms with Crippen LogP contribution in [0.5, 0.6) is 0 Å². The smallest absolute Gasteiger partial charge is 0.324 e. The third kappa shape index (κ3) is 4.03. The summed E-state index contributed by atoms with van der Waals surface area (Å²) in [6.45, 7) is 0. The molecule has 6 nitrogen and oxygen atoms in total. The topological polar surface area (TPSA) is 115 Å². The van der Waals surface area contributed by atoms with Crippen molar-refractivity contribution in [2.75, 3.05) is 6.16 Å². The Morgan fingerprint density at radius 1 is 0.727 bits per heavy atom. The van der Waals surface area contributed by atoms with E-state index in [-0.39, 0.29) is 11.8 Å². The minimum Gasteiger partial charge on any atom is -0.324 e. The Morgan fingerprint density at radius 3 is 1.36 bits per heavy atom. The van der Waals surface area contributed by atoms with E-state index < -0.39 is 26.5 Å². The number of hydrogen-bond acceptors (Lipinski definition) is 2. The number of rotatable bonds is 5. The van der Waals surface area contributed by atoms with Gasteiger partial charge in [0.05, 0.1) is 11.3 Å². The molecule has 0 bridgehead atoms. The number of hydrogen-bond donors (Lipinski definition) is 4. The van der Waals surface area contributed by atoms with Crippen LogP contribution < -0.4 is 0 Å². The van der Waals surface area contributed by atoms with E-state index >= 15 is 0 Å². The Morgan fingerprint density at radius 2 is 1.09 bits per heavy atom. The molecular formula is C14H28O6P2. The van der Waals surface area contributed by atoms with E-state index in [1.54, 1.807) is 0 Å². The zero-order valence-corrected chi connectivity index (χ0v) is 14.7. The van der Waals surface area contributed by atoms with Crippen molar-refractivity contribution in [1.82, 2.24) is 0 Å². The quantitative estimate of drug-likeness (QED) is 0.564. The van der Waals surface area contributed by atoms with Gasteiger partial charge in [-0.25, -0.2) is 0 Å². The zero-order valence-electron chi connectivity index (χ0n) is 12.9. The summed E-state index contributed by atoms with van der Waals surface area (Å²) in [5.74, 6) is -0.560. The van der Waals surface area contributed by atoms with Gasteiger partial charge in [0.1, 0.15) is 0 Å². The maximum Gasteiger partial charge on any atom is 0.332 e. The maximum atomic E-state index is 12.5. The third-order valence-corrected chi connectivity index (χ3v) is 8.78. The summed E-state index contributed by atoms with van der Waals surface area (Å²) < 4.78 is 24.2. The van der Waals surface area contributed by atoms with E-state index in [2.05, 4.69) is 0 Å². The van der Waals surface area contributed by atoms with Crippen molar-refractivity contribution in [1.29, 1.82) is 0 Å². The van der Waals surface area contributed by atoms with Crippen LogP contribution in [-0.4, -0.2) is 30.9 Å². The third-order valence-electron chi connectivity index (χ3n) is 5.63. The Balaban J connectivity index is 2.46. The lowest BCUT2D eigenvalue weighted by Gasteiger charge is -2.49. The second kappa shape index (κ2) is 7.04. The molecule has 0 unspecified atom stereocenters. The van der Waals surface area contributed by atoms with Crippen molar-refractivity contribution in [2.45, 2.75) is 69.4 Å². The average molecular weight is 354 g/mol. The molecule has 8 heteroatoms. The van der Waals surface area contributed by atoms with Gasteiger partial charge in [0.15, 0.2) is 0 Å². The van der Waals surface area contributed by atoms with E-state index in [1.165, 1.54) is 0 Å². The summed E-state index contributed by atoms with van der Waals surface area (Å²) in [5.41, 5.74) is 0. The molecule has 2 saturated carbocycles. The summed E-state index contributed by atoms with van der Waals surface area (Å²) in [6, 6.07) is 0. The van der Waals surface area contributed by atoms with Crippen molar-refractivity contribution in [3.05, 3.63) is 0 Å². The molecule has 130 valence electrons. The summed E-state index contributed by atoms with van der Waals surface area (Å²) in [4.78, 5) is 39.4. The lowest BCUT2D eigenvalue weighted by atomic mass is 9.69. The Hall–Kier alpha value is 0.300. The van der Waals surface area contributed by atoms with Gasteiger partial charge in [-0.3, -0.25) is 9.13 Å². The summed E-state index contributed by atoms with van der Waals surface area (Å²) in [6.07, 6.45) is 7.63. The van der Waals surface area contributed by atoms with E-state index in [0.717, 1.165) is 38.5 Å². The van der Waals surface area contributed by atoms with E-state index in [9.17, 15) is 28.7 Å². The van der Waals surface area contributed by atoms with Crippen molar-refractivity contribution in [2.24, 2.45) is 11.8 Å². The average Bonchev–Trinajstić information content (AvgIpc) is 2.44. The predicted octanol–water partition coefficient (Wildman–Crippen LogP) is 3.24. The Bertz CT molecular complexity index is 438. The fourth-order valence-electron chi connectivity index (χ4n) is 4.69. The molecule has 0 heterocycles. The molecule has 0 aromatic heterocycles. The van der Waals surface area contributed by atoms with Gasteiger partial charge in [-0.15, -0.1) is 0 Å². The monoisotopic (exact) mass is 354 g/mol. The van der Waals surface area contributed by atoms with Crippen molar-refractivity contribution in [3.63, 3.8) is 0 Å². The Labute approximate surface area is 132 Å². The van der Waals surface area contributed by atoms with Crippen LogP contribution in [0.1, 0.15) is 64.2 Å². The maximum absolute atomic E-state index is 12.5. The predicted molar refractivity (Wildman–Crippen MR) is 84.8 cm³/mol. The van der Waals surface area contributed by atoms with Gasteiger partial charge in [0, 0.05) is 0 Å². The molecule has 0 amide bonds. The fourth-order valence-corrected chi connectivity index (χ4v) is 8.63. The summed E-state index contributed by atoms with van der Waals surface area (Å²) in [7, 11) is -9.14. The second-order valence-electron chi connectivity index (χ2n) is 7.03. The first kappa shape index (κ1) is 18.6. The minimum absolute atomic E-state index is 0.280. The molecule has 0 aromatic carbocycles. The first-order chi connectivity index (χ1) is 10.2. The molecule has 0 radical (unpaired) electrons. The molecule has 2 fully saturated rings. The van der Waals surface area contributed by atoms with Gasteiger partial charge in [-0.1, -0.05) is 38.5 Å². The van der Waals surface area contributed by atoms with Crippen LogP contribution in [-0.2, 0) is 9.13 Å². The van der Waals surface area contributed by atoms with E-state index in [1.807, 2.05) is 0 Å². The van der Waals surface area contributed by atoms with Crippen LogP contribution in [0.3, 0.4) is 0 Å². The van der Waals surface area contributed by atoms with Crippen LogP contribution in [0.2, 0.25) is 0 Å². The molecule has 2 rings (SSSR count). The van der Waals surface area contributed by atoms with Crippen molar-refractivity contribution < 1.29 is 28.7 Å². The molecule has 2 aliphatic carbocycles. The van der Waals surface area contributed by atoms with Gasteiger partial charge in [-0.2, -0.15) is 0 Å². The molecule has 0 aromatic rings. The summed E-state index contributed by atoms with van der Waals surface area (Å²) >= 11 is 0. The van der Waals surface area contributed by atoms with Crippen molar-refractivity contribution in [3.8, 4) is 0 Å². The fraction of sp³-hybridized carbons (Fsp3) is 1.00. The standard InChI is InChI=1S/C14H28O6P2/c15-21(16,17)11-14(22(18,19)20,12-7-3-1-4-8-12)13-9-5-2-6-10-13/h12-13H,1-11H2,(H2,15,16,17)(H2,18,19,20). The van der Waals surface area contributed by atoms with E-state index in [0.29, 0.717) is 25.7 Å². The molecular weight excluding hydrogens is 326 g/mol. The van der Waals surface area contributed by atoms with Gasteiger partial charge >= 0.3 is 15.2 Å². The molecule has 0 atom stereocenters. The second-order valence-corrected chi connectivity index (χ2v) is 10.6. The highest BCUT2D eigenvalue weighted by Crippen LogP contribution is 2.67. The molecule has 4 N–H and O–H groups in total. The van der Waals surface area contributed by atoms with Crippen LogP contribution in [0.4, 0.5) is 0 Å². The van der Waals surface area contributed by atoms with E-state index in [4.69, 9.17) is 0 Å². The van der Waals surface area contributed by atoms with Crippen LogP contribution >= 0.6 is 15.2 Å². The Kier molecular flexibility index (Phi) is 5.97. The minimum atomic E-state index is -4.63. The van der Waals surface area contributed by atoms with Crippen molar-refractivity contribution >= 4 is 15.2 Å². The first-order valence-corrected chi connectivity index (χ1v) is 11.7. The molecule has 2 aliphatic rings. The molecule has 0 spiro atoms. The highest BCUT2D eigenvalue weighted by atomic mass is 31.2. The highest BCUT2D eigenvalue weighted by Gasteiger charge is 2.59. The van der Waals surface area contributed by atoms with Gasteiger partial charge in [-0.05, 0) is 37.5 Å².